The van der Waals surface area contributed by atoms with Crippen LogP contribution in [-0.4, -0.2) is 62.7 Å². The third kappa shape index (κ3) is 4.00. The Morgan fingerprint density at radius 3 is 2.85 bits per heavy atom. The Morgan fingerprint density at radius 1 is 1.12 bits per heavy atom. The minimum absolute atomic E-state index is 0.174. The number of halogens is 2. The molecule has 0 amide bonds. The summed E-state index contributed by atoms with van der Waals surface area (Å²) in [7, 11) is 0. The van der Waals surface area contributed by atoms with E-state index in [-0.39, 0.29) is 12.1 Å². The van der Waals surface area contributed by atoms with Crippen LogP contribution in [0.5, 0.6) is 0 Å². The first-order valence-electron chi connectivity index (χ1n) is 11.1. The largest absolute Gasteiger partial charge is 0.340 e. The summed E-state index contributed by atoms with van der Waals surface area (Å²) in [5.74, 6) is 1.86. The zero-order valence-corrected chi connectivity index (χ0v) is 19.0. The number of anilines is 1. The van der Waals surface area contributed by atoms with Crippen LogP contribution >= 0.6 is 11.6 Å². The Hall–Kier alpha value is -3.47. The first-order chi connectivity index (χ1) is 16.6. The maximum absolute atomic E-state index is 13.9. The minimum atomic E-state index is -0.300. The van der Waals surface area contributed by atoms with Crippen molar-refractivity contribution in [2.24, 2.45) is 4.99 Å². The lowest BCUT2D eigenvalue weighted by molar-refractivity contribution is 0.177. The standard InChI is InChI=1S/C23H23ClFN9/c24-14-4-5-17-18(10-14)30-19(29-17)12-27-21-20-22(32-23(31-21)33-8-6-26-7-9-33)34(13-28-20)16-3-1-2-15(25)11-16/h1-5,10-11,13,23,26,32H,6-9,12H2,(H,27,31)(H,29,30). The van der Waals surface area contributed by atoms with Crippen LogP contribution in [0, 0.1) is 5.82 Å². The van der Waals surface area contributed by atoms with Crippen LogP contribution in [0.4, 0.5) is 10.2 Å². The van der Waals surface area contributed by atoms with Crippen molar-refractivity contribution in [2.75, 3.05) is 31.5 Å². The maximum Gasteiger partial charge on any atom is 0.157 e. The number of hydrogen-bond donors (Lipinski definition) is 4. The number of benzene rings is 2. The molecule has 9 nitrogen and oxygen atoms in total. The first-order valence-corrected chi connectivity index (χ1v) is 11.5. The molecule has 174 valence electrons. The van der Waals surface area contributed by atoms with Gasteiger partial charge < -0.3 is 20.9 Å². The van der Waals surface area contributed by atoms with Gasteiger partial charge in [0.15, 0.2) is 12.1 Å². The Morgan fingerprint density at radius 2 is 2.00 bits per heavy atom. The van der Waals surface area contributed by atoms with Gasteiger partial charge in [-0.2, -0.15) is 0 Å². The number of aromatic nitrogens is 4. The maximum atomic E-state index is 13.9. The molecule has 2 aromatic heterocycles. The summed E-state index contributed by atoms with van der Waals surface area (Å²) in [5.41, 5.74) is 3.08. The summed E-state index contributed by atoms with van der Waals surface area (Å²) >= 11 is 6.10. The molecule has 11 heteroatoms. The molecule has 0 radical (unpaired) electrons. The number of imidazole rings is 2. The zero-order valence-electron chi connectivity index (χ0n) is 18.2. The molecule has 1 saturated heterocycles. The van der Waals surface area contributed by atoms with Gasteiger partial charge in [-0.1, -0.05) is 17.7 Å². The van der Waals surface area contributed by atoms with Gasteiger partial charge in [0.25, 0.3) is 0 Å². The number of aromatic amines is 1. The fourth-order valence-electron chi connectivity index (χ4n) is 4.35. The van der Waals surface area contributed by atoms with Gasteiger partial charge in [-0.3, -0.25) is 14.5 Å². The molecule has 2 aliphatic heterocycles. The average molecular weight is 480 g/mol. The van der Waals surface area contributed by atoms with Gasteiger partial charge in [0.2, 0.25) is 0 Å². The van der Waals surface area contributed by atoms with Crippen LogP contribution in [0.25, 0.3) is 16.7 Å². The van der Waals surface area contributed by atoms with E-state index in [1.54, 1.807) is 12.4 Å². The number of hydrogen-bond acceptors (Lipinski definition) is 6. The molecule has 1 unspecified atom stereocenters. The quantitative estimate of drug-likeness (QED) is 0.359. The molecule has 2 aromatic carbocycles. The van der Waals surface area contributed by atoms with Crippen LogP contribution in [0.3, 0.4) is 0 Å². The molecule has 0 aliphatic carbocycles. The van der Waals surface area contributed by atoms with Crippen molar-refractivity contribution in [1.82, 2.24) is 35.1 Å². The Labute approximate surface area is 200 Å². The van der Waals surface area contributed by atoms with Gasteiger partial charge in [0, 0.05) is 31.2 Å². The smallest absolute Gasteiger partial charge is 0.157 e. The highest BCUT2D eigenvalue weighted by Gasteiger charge is 2.31. The van der Waals surface area contributed by atoms with E-state index in [0.717, 1.165) is 48.9 Å². The number of piperazine rings is 1. The van der Waals surface area contributed by atoms with E-state index in [9.17, 15) is 4.39 Å². The molecule has 0 saturated carbocycles. The number of fused-ring (bicyclic) bond motifs is 2. The second-order valence-corrected chi connectivity index (χ2v) is 8.72. The van der Waals surface area contributed by atoms with Crippen LogP contribution in [0.15, 0.2) is 53.8 Å². The van der Waals surface area contributed by atoms with Crippen molar-refractivity contribution < 1.29 is 4.39 Å². The molecular formula is C23H23ClFN9. The summed E-state index contributed by atoms with van der Waals surface area (Å²) in [6.45, 7) is 3.92. The summed E-state index contributed by atoms with van der Waals surface area (Å²) in [6.07, 6.45) is 1.51. The lowest BCUT2D eigenvalue weighted by atomic mass is 10.2. The average Bonchev–Trinajstić information content (AvgIpc) is 3.46. The number of aliphatic imine (C=N–C) groups is 1. The zero-order chi connectivity index (χ0) is 23.1. The van der Waals surface area contributed by atoms with Crippen molar-refractivity contribution in [3.63, 3.8) is 0 Å². The number of amidine groups is 1. The van der Waals surface area contributed by atoms with Gasteiger partial charge in [-0.25, -0.2) is 14.4 Å². The summed E-state index contributed by atoms with van der Waals surface area (Å²) in [6, 6.07) is 12.0. The number of nitrogens with zero attached hydrogens (tertiary/aromatic N) is 5. The summed E-state index contributed by atoms with van der Waals surface area (Å²) in [5, 5.41) is 11.1. The van der Waals surface area contributed by atoms with Gasteiger partial charge in [0.05, 0.1) is 23.3 Å². The third-order valence-electron chi connectivity index (χ3n) is 6.02. The van der Waals surface area contributed by atoms with E-state index in [0.29, 0.717) is 28.8 Å². The minimum Gasteiger partial charge on any atom is -0.340 e. The molecular weight excluding hydrogens is 457 g/mol. The van der Waals surface area contributed by atoms with Crippen molar-refractivity contribution in [1.29, 1.82) is 0 Å². The van der Waals surface area contributed by atoms with Crippen LogP contribution in [-0.2, 0) is 6.54 Å². The number of H-pyrrole nitrogens is 1. The molecule has 6 rings (SSSR count). The third-order valence-corrected chi connectivity index (χ3v) is 6.26. The molecule has 0 bridgehead atoms. The SMILES string of the molecule is Fc1cccc(-n2cnc3c2NC(N2CCNCC2)NC3=NCc2nc3ccc(Cl)cc3[nH]2)c1. The van der Waals surface area contributed by atoms with E-state index in [4.69, 9.17) is 16.6 Å². The summed E-state index contributed by atoms with van der Waals surface area (Å²) in [4.78, 5) is 19.6. The Bertz CT molecular complexity index is 1370. The molecule has 1 atom stereocenters. The van der Waals surface area contributed by atoms with Gasteiger partial charge in [0.1, 0.15) is 29.5 Å². The van der Waals surface area contributed by atoms with E-state index in [1.165, 1.54) is 12.1 Å². The van der Waals surface area contributed by atoms with Crippen molar-refractivity contribution >= 4 is 34.3 Å². The second-order valence-electron chi connectivity index (χ2n) is 8.28. The van der Waals surface area contributed by atoms with Gasteiger partial charge >= 0.3 is 0 Å². The van der Waals surface area contributed by atoms with E-state index in [1.807, 2.05) is 28.8 Å². The second kappa shape index (κ2) is 8.71. The van der Waals surface area contributed by atoms with E-state index < -0.39 is 0 Å². The van der Waals surface area contributed by atoms with Crippen LogP contribution in [0.1, 0.15) is 11.5 Å². The van der Waals surface area contributed by atoms with Gasteiger partial charge in [-0.15, -0.1) is 0 Å². The summed E-state index contributed by atoms with van der Waals surface area (Å²) < 4.78 is 15.8. The first kappa shape index (κ1) is 21.1. The Kier molecular flexibility index (Phi) is 5.40. The topological polar surface area (TPSA) is 98.2 Å². The molecule has 4 heterocycles. The van der Waals surface area contributed by atoms with Crippen molar-refractivity contribution in [3.8, 4) is 5.69 Å². The predicted octanol–water partition coefficient (Wildman–Crippen LogP) is 2.69. The molecule has 2 aliphatic rings. The molecule has 4 N–H and O–H groups in total. The molecule has 4 aromatic rings. The fraction of sp³-hybridized carbons (Fsp3) is 0.261. The number of nitrogens with one attached hydrogen (secondary N) is 4. The molecule has 1 fully saturated rings. The highest BCUT2D eigenvalue weighted by molar-refractivity contribution is 6.31. The number of rotatable bonds is 4. The fourth-order valence-corrected chi connectivity index (χ4v) is 4.52. The van der Waals surface area contributed by atoms with Gasteiger partial charge in [-0.05, 0) is 36.4 Å². The van der Waals surface area contributed by atoms with E-state index in [2.05, 4.69) is 35.8 Å². The lowest BCUT2D eigenvalue weighted by Gasteiger charge is -2.39. The predicted molar refractivity (Wildman–Crippen MR) is 130 cm³/mol. The van der Waals surface area contributed by atoms with Crippen LogP contribution in [0.2, 0.25) is 5.02 Å². The Balaban J connectivity index is 1.36. The van der Waals surface area contributed by atoms with Crippen LogP contribution < -0.4 is 16.0 Å². The molecule has 0 spiro atoms. The van der Waals surface area contributed by atoms with E-state index >= 15 is 0 Å². The highest BCUT2D eigenvalue weighted by atomic mass is 35.5. The van der Waals surface area contributed by atoms with Crippen molar-refractivity contribution in [2.45, 2.75) is 12.8 Å². The lowest BCUT2D eigenvalue weighted by Crippen LogP contribution is -2.60. The normalized spacial score (nSPS) is 19.7. The monoisotopic (exact) mass is 479 g/mol. The molecule has 34 heavy (non-hydrogen) atoms. The highest BCUT2D eigenvalue weighted by Crippen LogP contribution is 2.26. The van der Waals surface area contributed by atoms with Crippen molar-refractivity contribution in [3.05, 3.63) is 71.2 Å².